The van der Waals surface area contributed by atoms with Gasteiger partial charge < -0.3 is 10.6 Å². The minimum Gasteiger partial charge on any atom is -0.355 e. The summed E-state index contributed by atoms with van der Waals surface area (Å²) in [5.41, 5.74) is 0. The van der Waals surface area contributed by atoms with Crippen LogP contribution in [0.15, 0.2) is 0 Å². The molecule has 0 bridgehead atoms. The number of carbonyl (C=O) groups excluding carboxylic acids is 1. The number of hydrogen-bond acceptors (Lipinski definition) is 2. The van der Waals surface area contributed by atoms with E-state index in [4.69, 9.17) is 0 Å². The Morgan fingerprint density at radius 1 is 1.31 bits per heavy atom. The molecule has 0 radical (unpaired) electrons. The molecule has 0 rings (SSSR count). The van der Waals surface area contributed by atoms with E-state index >= 15 is 0 Å². The van der Waals surface area contributed by atoms with Crippen LogP contribution in [0.3, 0.4) is 0 Å². The van der Waals surface area contributed by atoms with Gasteiger partial charge in [0.25, 0.3) is 0 Å². The zero-order valence-electron chi connectivity index (χ0n) is 9.18. The molecule has 3 heteroatoms. The Bertz CT molecular complexity index is 146. The Balaban J connectivity index is 3.44. The molecule has 0 saturated heterocycles. The summed E-state index contributed by atoms with van der Waals surface area (Å²) >= 11 is 0. The molecule has 0 aliphatic carbocycles. The molecule has 0 spiro atoms. The van der Waals surface area contributed by atoms with E-state index in [-0.39, 0.29) is 5.91 Å². The quantitative estimate of drug-likeness (QED) is 0.611. The van der Waals surface area contributed by atoms with Crippen LogP contribution in [0.25, 0.3) is 0 Å². The van der Waals surface area contributed by atoms with Crippen LogP contribution in [0.2, 0.25) is 0 Å². The molecule has 1 atom stereocenters. The van der Waals surface area contributed by atoms with Crippen LogP contribution >= 0.6 is 0 Å². The zero-order chi connectivity index (χ0) is 10.3. The van der Waals surface area contributed by atoms with Gasteiger partial charge in [0.05, 0.1) is 0 Å². The Labute approximate surface area is 81.3 Å². The summed E-state index contributed by atoms with van der Waals surface area (Å²) in [5.74, 6) is 0.696. The van der Waals surface area contributed by atoms with Crippen molar-refractivity contribution in [1.29, 1.82) is 0 Å². The first-order chi connectivity index (χ1) is 6.07. The SMILES string of the molecule is CCC(NCCNC(C)=O)C(C)C. The van der Waals surface area contributed by atoms with Crippen LogP contribution in [0.1, 0.15) is 34.1 Å². The third-order valence-electron chi connectivity index (χ3n) is 2.15. The van der Waals surface area contributed by atoms with Crippen LogP contribution in [0.4, 0.5) is 0 Å². The van der Waals surface area contributed by atoms with Gasteiger partial charge in [-0.3, -0.25) is 4.79 Å². The van der Waals surface area contributed by atoms with Gasteiger partial charge in [-0.05, 0) is 12.3 Å². The van der Waals surface area contributed by atoms with Gasteiger partial charge in [-0.2, -0.15) is 0 Å². The van der Waals surface area contributed by atoms with Gasteiger partial charge in [0.1, 0.15) is 0 Å². The molecule has 0 saturated carbocycles. The molecule has 0 heterocycles. The molecule has 2 N–H and O–H groups in total. The van der Waals surface area contributed by atoms with E-state index in [9.17, 15) is 4.79 Å². The molecule has 1 unspecified atom stereocenters. The molecular weight excluding hydrogens is 164 g/mol. The molecule has 0 fully saturated rings. The highest BCUT2D eigenvalue weighted by Crippen LogP contribution is 2.04. The number of carbonyl (C=O) groups is 1. The predicted molar refractivity (Wildman–Crippen MR) is 55.6 cm³/mol. The van der Waals surface area contributed by atoms with Crippen molar-refractivity contribution < 1.29 is 4.79 Å². The van der Waals surface area contributed by atoms with Gasteiger partial charge in [0.2, 0.25) is 5.91 Å². The van der Waals surface area contributed by atoms with Crippen molar-refractivity contribution in [3.8, 4) is 0 Å². The van der Waals surface area contributed by atoms with Crippen LogP contribution < -0.4 is 10.6 Å². The number of amides is 1. The van der Waals surface area contributed by atoms with E-state index in [0.717, 1.165) is 19.5 Å². The second kappa shape index (κ2) is 6.89. The maximum Gasteiger partial charge on any atom is 0.216 e. The van der Waals surface area contributed by atoms with Gasteiger partial charge in [-0.15, -0.1) is 0 Å². The van der Waals surface area contributed by atoms with Crippen LogP contribution in [0.5, 0.6) is 0 Å². The maximum atomic E-state index is 10.6. The summed E-state index contributed by atoms with van der Waals surface area (Å²) < 4.78 is 0. The Kier molecular flexibility index (Phi) is 6.59. The fourth-order valence-corrected chi connectivity index (χ4v) is 1.35. The van der Waals surface area contributed by atoms with Crippen molar-refractivity contribution >= 4 is 5.91 Å². The first-order valence-corrected chi connectivity index (χ1v) is 5.05. The summed E-state index contributed by atoms with van der Waals surface area (Å²) in [6.45, 7) is 9.71. The first-order valence-electron chi connectivity index (χ1n) is 5.05. The highest BCUT2D eigenvalue weighted by atomic mass is 16.1. The minimum absolute atomic E-state index is 0.0411. The average molecular weight is 186 g/mol. The molecule has 0 aliphatic heterocycles. The van der Waals surface area contributed by atoms with Gasteiger partial charge >= 0.3 is 0 Å². The summed E-state index contributed by atoms with van der Waals surface area (Å²) in [4.78, 5) is 10.6. The van der Waals surface area contributed by atoms with Crippen molar-refractivity contribution in [2.24, 2.45) is 5.92 Å². The highest BCUT2D eigenvalue weighted by Gasteiger charge is 2.08. The lowest BCUT2D eigenvalue weighted by molar-refractivity contribution is -0.118. The Morgan fingerprint density at radius 3 is 2.31 bits per heavy atom. The molecule has 0 aliphatic rings. The highest BCUT2D eigenvalue weighted by molar-refractivity contribution is 5.72. The lowest BCUT2D eigenvalue weighted by Crippen LogP contribution is -2.38. The first kappa shape index (κ1) is 12.4. The lowest BCUT2D eigenvalue weighted by Gasteiger charge is -2.20. The van der Waals surface area contributed by atoms with Crippen molar-refractivity contribution in [3.05, 3.63) is 0 Å². The molecule has 0 aromatic rings. The molecule has 0 aromatic carbocycles. The second-order valence-corrected chi connectivity index (χ2v) is 3.70. The van der Waals surface area contributed by atoms with E-state index in [1.165, 1.54) is 0 Å². The third-order valence-corrected chi connectivity index (χ3v) is 2.15. The maximum absolute atomic E-state index is 10.6. The van der Waals surface area contributed by atoms with Crippen LogP contribution in [-0.2, 0) is 4.79 Å². The van der Waals surface area contributed by atoms with Crippen LogP contribution in [0, 0.1) is 5.92 Å². The monoisotopic (exact) mass is 186 g/mol. The fourth-order valence-electron chi connectivity index (χ4n) is 1.35. The Morgan fingerprint density at radius 2 is 1.92 bits per heavy atom. The largest absolute Gasteiger partial charge is 0.355 e. The van der Waals surface area contributed by atoms with E-state index in [2.05, 4.69) is 31.4 Å². The van der Waals surface area contributed by atoms with Crippen molar-refractivity contribution in [2.45, 2.75) is 40.2 Å². The molecule has 0 aromatic heterocycles. The van der Waals surface area contributed by atoms with E-state index in [1.807, 2.05) is 0 Å². The minimum atomic E-state index is 0.0411. The number of rotatable bonds is 6. The molecule has 1 amide bonds. The topological polar surface area (TPSA) is 41.1 Å². The fraction of sp³-hybridized carbons (Fsp3) is 0.900. The van der Waals surface area contributed by atoms with Gasteiger partial charge in [0, 0.05) is 26.1 Å². The lowest BCUT2D eigenvalue weighted by atomic mass is 10.0. The zero-order valence-corrected chi connectivity index (χ0v) is 9.18. The average Bonchev–Trinajstić information content (AvgIpc) is 2.03. The van der Waals surface area contributed by atoms with Crippen molar-refractivity contribution in [3.63, 3.8) is 0 Å². The number of nitrogens with one attached hydrogen (secondary N) is 2. The molecule has 3 nitrogen and oxygen atoms in total. The predicted octanol–water partition coefficient (Wildman–Crippen LogP) is 1.15. The number of hydrogen-bond donors (Lipinski definition) is 2. The van der Waals surface area contributed by atoms with Gasteiger partial charge in [-0.25, -0.2) is 0 Å². The standard InChI is InChI=1S/C10H22N2O/c1-5-10(8(2)3)12-7-6-11-9(4)13/h8,10,12H,5-7H2,1-4H3,(H,11,13). The smallest absolute Gasteiger partial charge is 0.216 e. The molecule has 78 valence electrons. The summed E-state index contributed by atoms with van der Waals surface area (Å²) in [7, 11) is 0. The van der Waals surface area contributed by atoms with Crippen LogP contribution in [-0.4, -0.2) is 25.0 Å². The van der Waals surface area contributed by atoms with E-state index < -0.39 is 0 Å². The van der Waals surface area contributed by atoms with Crippen molar-refractivity contribution in [1.82, 2.24) is 10.6 Å². The summed E-state index contributed by atoms with van der Waals surface area (Å²) in [5, 5.41) is 6.17. The second-order valence-electron chi connectivity index (χ2n) is 3.70. The summed E-state index contributed by atoms with van der Waals surface area (Å²) in [6, 6.07) is 0.564. The molecule has 13 heavy (non-hydrogen) atoms. The van der Waals surface area contributed by atoms with Gasteiger partial charge in [0.15, 0.2) is 0 Å². The van der Waals surface area contributed by atoms with E-state index in [1.54, 1.807) is 6.92 Å². The molecular formula is C10H22N2O. The Hall–Kier alpha value is -0.570. The van der Waals surface area contributed by atoms with Gasteiger partial charge in [-0.1, -0.05) is 20.8 Å². The summed E-state index contributed by atoms with van der Waals surface area (Å²) in [6.07, 6.45) is 1.14. The van der Waals surface area contributed by atoms with Crippen molar-refractivity contribution in [2.75, 3.05) is 13.1 Å². The van der Waals surface area contributed by atoms with E-state index in [0.29, 0.717) is 12.0 Å². The third kappa shape index (κ3) is 6.58. The normalized spacial score (nSPS) is 13.0.